The molecule has 0 aliphatic rings. The molecule has 2 aromatic rings. The van der Waals surface area contributed by atoms with Crippen LogP contribution < -0.4 is 0 Å². The third-order valence-corrected chi connectivity index (χ3v) is 3.37. The lowest BCUT2D eigenvalue weighted by molar-refractivity contribution is -0.146. The zero-order valence-electron chi connectivity index (χ0n) is 11.4. The summed E-state index contributed by atoms with van der Waals surface area (Å²) in [5.41, 5.74) is 0.826. The maximum atomic E-state index is 12.7. The molecule has 0 radical (unpaired) electrons. The molecule has 5 nitrogen and oxygen atoms in total. The maximum absolute atomic E-state index is 12.7. The van der Waals surface area contributed by atoms with Gasteiger partial charge in [-0.1, -0.05) is 0 Å². The van der Waals surface area contributed by atoms with Crippen molar-refractivity contribution in [2.45, 2.75) is 33.6 Å². The highest BCUT2D eigenvalue weighted by Crippen LogP contribution is 2.27. The molecule has 2 heterocycles. The number of carboxylic acid groups (broad SMARTS) is 1. The molecule has 0 spiro atoms. The summed E-state index contributed by atoms with van der Waals surface area (Å²) in [6.07, 6.45) is -0.954. The lowest BCUT2D eigenvalue weighted by Gasteiger charge is -2.20. The van der Waals surface area contributed by atoms with E-state index >= 15 is 0 Å². The summed E-state index contributed by atoms with van der Waals surface area (Å²) >= 11 is 0. The van der Waals surface area contributed by atoms with Gasteiger partial charge in [-0.15, -0.1) is 10.2 Å². The molecule has 0 fully saturated rings. The summed E-state index contributed by atoms with van der Waals surface area (Å²) in [5, 5.41) is 16.4. The molecule has 7 heteroatoms. The number of carboxylic acids is 1. The summed E-state index contributed by atoms with van der Waals surface area (Å²) in [7, 11) is 0. The van der Waals surface area contributed by atoms with Crippen molar-refractivity contribution in [3.05, 3.63) is 29.2 Å². The Bertz CT molecular complexity index is 665. The van der Waals surface area contributed by atoms with Crippen molar-refractivity contribution >= 4 is 11.6 Å². The van der Waals surface area contributed by atoms with Crippen LogP contribution in [-0.4, -0.2) is 25.7 Å². The van der Waals surface area contributed by atoms with Crippen molar-refractivity contribution in [2.24, 2.45) is 5.41 Å². The molecule has 0 unspecified atom stereocenters. The highest BCUT2D eigenvalue weighted by atomic mass is 19.3. The predicted molar refractivity (Wildman–Crippen MR) is 67.8 cm³/mol. The number of pyridine rings is 1. The van der Waals surface area contributed by atoms with Crippen LogP contribution in [0.5, 0.6) is 0 Å². The Morgan fingerprint density at radius 2 is 2.10 bits per heavy atom. The van der Waals surface area contributed by atoms with Gasteiger partial charge in [0.2, 0.25) is 5.82 Å². The van der Waals surface area contributed by atoms with Crippen molar-refractivity contribution in [2.75, 3.05) is 0 Å². The first-order chi connectivity index (χ1) is 9.24. The average Bonchev–Trinajstić information content (AvgIpc) is 2.77. The Balaban J connectivity index is 2.48. The van der Waals surface area contributed by atoms with Gasteiger partial charge in [-0.25, -0.2) is 8.78 Å². The smallest absolute Gasteiger partial charge is 0.309 e. The van der Waals surface area contributed by atoms with Crippen molar-refractivity contribution < 1.29 is 18.7 Å². The predicted octanol–water partition coefficient (Wildman–Crippen LogP) is 2.63. The number of carbonyl (C=O) groups is 1. The maximum Gasteiger partial charge on any atom is 0.309 e. The minimum atomic E-state index is -2.70. The van der Waals surface area contributed by atoms with E-state index in [4.69, 9.17) is 5.11 Å². The fourth-order valence-corrected chi connectivity index (χ4v) is 2.03. The van der Waals surface area contributed by atoms with Crippen molar-refractivity contribution in [1.29, 1.82) is 0 Å². The van der Waals surface area contributed by atoms with Crippen LogP contribution in [0.4, 0.5) is 8.78 Å². The van der Waals surface area contributed by atoms with Gasteiger partial charge in [0.05, 0.1) is 5.41 Å². The summed E-state index contributed by atoms with van der Waals surface area (Å²) in [6, 6.07) is 1.64. The van der Waals surface area contributed by atoms with E-state index in [-0.39, 0.29) is 0 Å². The third-order valence-electron chi connectivity index (χ3n) is 3.37. The van der Waals surface area contributed by atoms with Crippen LogP contribution in [0.3, 0.4) is 0 Å². The largest absolute Gasteiger partial charge is 0.481 e. The normalized spacial score (nSPS) is 12.3. The van der Waals surface area contributed by atoms with Gasteiger partial charge in [-0.05, 0) is 44.4 Å². The minimum absolute atomic E-state index is 0.293. The average molecular weight is 283 g/mol. The summed E-state index contributed by atoms with van der Waals surface area (Å²) in [4.78, 5) is 11.2. The van der Waals surface area contributed by atoms with Crippen LogP contribution in [0.25, 0.3) is 5.65 Å². The molecular weight excluding hydrogens is 268 g/mol. The van der Waals surface area contributed by atoms with Gasteiger partial charge in [0, 0.05) is 6.20 Å². The van der Waals surface area contributed by atoms with E-state index < -0.39 is 23.6 Å². The van der Waals surface area contributed by atoms with E-state index in [1.807, 2.05) is 0 Å². The zero-order valence-corrected chi connectivity index (χ0v) is 11.4. The fourth-order valence-electron chi connectivity index (χ4n) is 2.03. The van der Waals surface area contributed by atoms with Crippen molar-refractivity contribution in [3.63, 3.8) is 0 Å². The molecule has 1 N–H and O–H groups in total. The second kappa shape index (κ2) is 4.81. The number of hydrogen-bond acceptors (Lipinski definition) is 3. The lowest BCUT2D eigenvalue weighted by Crippen LogP contribution is -2.26. The Morgan fingerprint density at radius 3 is 2.65 bits per heavy atom. The van der Waals surface area contributed by atoms with Crippen LogP contribution in [0, 0.1) is 12.3 Å². The second-order valence-corrected chi connectivity index (χ2v) is 5.38. The first-order valence-corrected chi connectivity index (χ1v) is 6.08. The Kier molecular flexibility index (Phi) is 3.45. The molecule has 20 heavy (non-hydrogen) atoms. The molecule has 108 valence electrons. The quantitative estimate of drug-likeness (QED) is 0.936. The molecular formula is C13H15F2N3O2. The monoisotopic (exact) mass is 283 g/mol. The fraction of sp³-hybridized carbons (Fsp3) is 0.462. The topological polar surface area (TPSA) is 67.5 Å². The standard InChI is InChI=1S/C13H15F2N3O2/c1-7-8(6-13(2,3)12(19)20)4-5-18-10(7)16-17-11(18)9(14)15/h4-5,9H,6H2,1-3H3,(H,19,20). The number of alkyl halides is 2. The summed E-state index contributed by atoms with van der Waals surface area (Å²) in [6.45, 7) is 4.97. The van der Waals surface area contributed by atoms with Gasteiger partial charge in [0.15, 0.2) is 5.65 Å². The van der Waals surface area contributed by atoms with Crippen LogP contribution in [0.2, 0.25) is 0 Å². The van der Waals surface area contributed by atoms with Crippen molar-refractivity contribution in [3.8, 4) is 0 Å². The third kappa shape index (κ3) is 2.35. The van der Waals surface area contributed by atoms with Gasteiger partial charge in [-0.2, -0.15) is 0 Å². The number of rotatable bonds is 4. The molecule has 0 bridgehead atoms. The lowest BCUT2D eigenvalue weighted by atomic mass is 9.85. The number of fused-ring (bicyclic) bond motifs is 1. The first-order valence-electron chi connectivity index (χ1n) is 6.08. The highest BCUT2D eigenvalue weighted by Gasteiger charge is 2.28. The molecule has 2 rings (SSSR count). The number of nitrogens with zero attached hydrogens (tertiary/aromatic N) is 3. The minimum Gasteiger partial charge on any atom is -0.481 e. The van der Waals surface area contributed by atoms with Crippen LogP contribution in [-0.2, 0) is 11.2 Å². The molecule has 0 saturated carbocycles. The molecule has 0 atom stereocenters. The number of aliphatic carboxylic acids is 1. The molecule has 0 aromatic carbocycles. The Morgan fingerprint density at radius 1 is 1.45 bits per heavy atom. The van der Waals surface area contributed by atoms with Crippen LogP contribution in [0.15, 0.2) is 12.3 Å². The molecule has 2 aromatic heterocycles. The molecule has 0 aliphatic carbocycles. The summed E-state index contributed by atoms with van der Waals surface area (Å²) < 4.78 is 26.7. The molecule has 0 saturated heterocycles. The number of hydrogen-bond donors (Lipinski definition) is 1. The first kappa shape index (κ1) is 14.4. The van der Waals surface area contributed by atoms with E-state index in [2.05, 4.69) is 10.2 Å². The van der Waals surface area contributed by atoms with Gasteiger partial charge in [0.25, 0.3) is 6.43 Å². The molecule has 0 aliphatic heterocycles. The van der Waals surface area contributed by atoms with Gasteiger partial charge >= 0.3 is 5.97 Å². The number of halogens is 2. The highest BCUT2D eigenvalue weighted by molar-refractivity contribution is 5.74. The molecule has 0 amide bonds. The zero-order chi connectivity index (χ0) is 15.1. The summed E-state index contributed by atoms with van der Waals surface area (Å²) in [5.74, 6) is -1.32. The van der Waals surface area contributed by atoms with Gasteiger partial charge < -0.3 is 5.11 Å². The van der Waals surface area contributed by atoms with Crippen LogP contribution >= 0.6 is 0 Å². The van der Waals surface area contributed by atoms with E-state index in [0.717, 1.165) is 5.56 Å². The van der Waals surface area contributed by atoms with Crippen molar-refractivity contribution in [1.82, 2.24) is 14.6 Å². The number of aromatic nitrogens is 3. The SMILES string of the molecule is Cc1c(CC(C)(C)C(=O)O)ccn2c(C(F)F)nnc12. The second-order valence-electron chi connectivity index (χ2n) is 5.38. The Labute approximate surface area is 114 Å². The number of aryl methyl sites for hydroxylation is 1. The van der Waals surface area contributed by atoms with Crippen LogP contribution in [0.1, 0.15) is 37.2 Å². The van der Waals surface area contributed by atoms with Gasteiger partial charge in [0.1, 0.15) is 0 Å². The van der Waals surface area contributed by atoms with E-state index in [9.17, 15) is 13.6 Å². The Hall–Kier alpha value is -2.05. The van der Waals surface area contributed by atoms with Gasteiger partial charge in [-0.3, -0.25) is 9.20 Å². The van der Waals surface area contributed by atoms with E-state index in [0.29, 0.717) is 17.6 Å². The van der Waals surface area contributed by atoms with E-state index in [1.54, 1.807) is 26.8 Å². The van der Waals surface area contributed by atoms with E-state index in [1.165, 1.54) is 10.6 Å².